The lowest BCUT2D eigenvalue weighted by Gasteiger charge is -1.87. The predicted molar refractivity (Wildman–Crippen MR) is 53.5 cm³/mol. The Kier molecular flexibility index (Phi) is 3.78. The van der Waals surface area contributed by atoms with Crippen molar-refractivity contribution in [2.45, 2.75) is 0 Å². The first kappa shape index (κ1) is 10.6. The third kappa shape index (κ3) is 3.85. The van der Waals surface area contributed by atoms with Crippen LogP contribution in [0.3, 0.4) is 0 Å². The highest BCUT2D eigenvalue weighted by Crippen LogP contribution is 1.85. The van der Waals surface area contributed by atoms with Crippen LogP contribution in [0.25, 0.3) is 0 Å². The predicted octanol–water partition coefficient (Wildman–Crippen LogP) is -0.433. The zero-order valence-corrected chi connectivity index (χ0v) is 7.79. The summed E-state index contributed by atoms with van der Waals surface area (Å²) in [5.41, 5.74) is 10.2. The lowest BCUT2D eigenvalue weighted by Crippen LogP contribution is -2.12. The second-order valence-electron chi connectivity index (χ2n) is 2.43. The number of H-pyrrole nitrogens is 1. The van der Waals surface area contributed by atoms with Gasteiger partial charge >= 0.3 is 0 Å². The van der Waals surface area contributed by atoms with Crippen molar-refractivity contribution in [3.63, 3.8) is 0 Å². The minimum atomic E-state index is -0.553. The van der Waals surface area contributed by atoms with Crippen molar-refractivity contribution >= 4 is 11.9 Å². The first-order valence-electron chi connectivity index (χ1n) is 4.01. The van der Waals surface area contributed by atoms with E-state index in [0.29, 0.717) is 5.95 Å². The summed E-state index contributed by atoms with van der Waals surface area (Å²) in [5, 5.41) is 0. The monoisotopic (exact) mass is 206 g/mol. The van der Waals surface area contributed by atoms with Gasteiger partial charge in [0.25, 0.3) is 5.91 Å². The number of aromatic amines is 1. The number of hydrogen-bond donors (Lipinski definition) is 3. The first-order chi connectivity index (χ1) is 7.20. The Bertz CT molecular complexity index is 398. The van der Waals surface area contributed by atoms with E-state index in [-0.39, 0.29) is 5.69 Å². The highest BCUT2D eigenvalue weighted by molar-refractivity contribution is 5.90. The largest absolute Gasteiger partial charge is 0.369 e. The number of carbonyl (C=O) groups is 1. The molecule has 0 spiro atoms. The number of carbonyl (C=O) groups excluding carboxylic acids is 1. The van der Waals surface area contributed by atoms with Gasteiger partial charge in [-0.15, -0.1) is 0 Å². The second kappa shape index (κ2) is 5.32. The molecule has 0 aromatic carbocycles. The molecule has 0 fully saturated rings. The number of nitrogen functional groups attached to an aromatic ring is 1. The summed E-state index contributed by atoms with van der Waals surface area (Å²) < 4.78 is 0. The van der Waals surface area contributed by atoms with E-state index in [4.69, 9.17) is 11.5 Å². The molecule has 7 nitrogen and oxygen atoms in total. The van der Waals surface area contributed by atoms with Gasteiger partial charge < -0.3 is 16.5 Å². The SMILES string of the molecule is NC(=O)c1cnccn1.Nc1ncc[nH]1. The molecule has 0 saturated carbocycles. The molecule has 7 heteroatoms. The molecule has 0 aliphatic rings. The zero-order valence-electron chi connectivity index (χ0n) is 7.79. The summed E-state index contributed by atoms with van der Waals surface area (Å²) in [5.74, 6) is -0.0851. The highest BCUT2D eigenvalue weighted by atomic mass is 16.1. The molecule has 2 aromatic rings. The van der Waals surface area contributed by atoms with Crippen molar-refractivity contribution in [3.8, 4) is 0 Å². The fourth-order valence-electron chi connectivity index (χ4n) is 0.704. The van der Waals surface area contributed by atoms with Gasteiger partial charge in [0.2, 0.25) is 0 Å². The van der Waals surface area contributed by atoms with E-state index in [9.17, 15) is 4.79 Å². The van der Waals surface area contributed by atoms with E-state index in [1.54, 1.807) is 12.4 Å². The van der Waals surface area contributed by atoms with Crippen molar-refractivity contribution in [2.24, 2.45) is 5.73 Å². The molecule has 2 heterocycles. The highest BCUT2D eigenvalue weighted by Gasteiger charge is 1.97. The quantitative estimate of drug-likeness (QED) is 0.583. The minimum absolute atomic E-state index is 0.192. The maximum atomic E-state index is 10.3. The molecule has 2 rings (SSSR count). The van der Waals surface area contributed by atoms with Gasteiger partial charge in [0.05, 0.1) is 6.20 Å². The smallest absolute Gasteiger partial charge is 0.268 e. The Morgan fingerprint density at radius 3 is 2.33 bits per heavy atom. The number of hydrogen-bond acceptors (Lipinski definition) is 5. The third-order valence-electron chi connectivity index (χ3n) is 1.33. The van der Waals surface area contributed by atoms with E-state index in [0.717, 1.165) is 0 Å². The van der Waals surface area contributed by atoms with Crippen molar-refractivity contribution in [1.29, 1.82) is 0 Å². The number of anilines is 1. The van der Waals surface area contributed by atoms with Gasteiger partial charge in [0.15, 0.2) is 5.95 Å². The molecular weight excluding hydrogens is 196 g/mol. The number of nitrogens with two attached hydrogens (primary N) is 2. The van der Waals surface area contributed by atoms with E-state index in [1.165, 1.54) is 18.6 Å². The number of amides is 1. The van der Waals surface area contributed by atoms with Crippen LogP contribution in [0.1, 0.15) is 10.5 Å². The summed E-state index contributed by atoms with van der Waals surface area (Å²) >= 11 is 0. The average molecular weight is 206 g/mol. The summed E-state index contributed by atoms with van der Waals surface area (Å²) in [7, 11) is 0. The van der Waals surface area contributed by atoms with Crippen molar-refractivity contribution in [1.82, 2.24) is 19.9 Å². The summed E-state index contributed by atoms with van der Waals surface area (Å²) in [6.45, 7) is 0. The third-order valence-corrected chi connectivity index (χ3v) is 1.33. The standard InChI is InChI=1S/C5H5N3O.C3H5N3/c6-5(9)4-3-7-1-2-8-4;4-3-5-1-2-6-3/h1-3H,(H2,6,9);1-2H,(H3,4,5,6). The Balaban J connectivity index is 0.000000162. The Morgan fingerprint density at radius 1 is 1.27 bits per heavy atom. The van der Waals surface area contributed by atoms with Crippen molar-refractivity contribution < 1.29 is 4.79 Å². The topological polar surface area (TPSA) is 124 Å². The fourth-order valence-corrected chi connectivity index (χ4v) is 0.704. The molecule has 15 heavy (non-hydrogen) atoms. The van der Waals surface area contributed by atoms with Gasteiger partial charge in [-0.3, -0.25) is 9.78 Å². The number of imidazole rings is 1. The maximum Gasteiger partial charge on any atom is 0.268 e. The Hall–Kier alpha value is -2.44. The lowest BCUT2D eigenvalue weighted by atomic mass is 10.4. The van der Waals surface area contributed by atoms with Crippen LogP contribution in [0, 0.1) is 0 Å². The number of rotatable bonds is 1. The summed E-state index contributed by atoms with van der Waals surface area (Å²) in [6.07, 6.45) is 7.50. The first-order valence-corrected chi connectivity index (χ1v) is 4.01. The van der Waals surface area contributed by atoms with Crippen LogP contribution < -0.4 is 11.5 Å². The van der Waals surface area contributed by atoms with Gasteiger partial charge in [-0.2, -0.15) is 0 Å². The summed E-state index contributed by atoms with van der Waals surface area (Å²) in [4.78, 5) is 23.9. The molecule has 0 radical (unpaired) electrons. The molecule has 0 aliphatic heterocycles. The number of nitrogens with zero attached hydrogens (tertiary/aromatic N) is 3. The molecule has 2 aromatic heterocycles. The Morgan fingerprint density at radius 2 is 2.07 bits per heavy atom. The molecule has 1 amide bonds. The van der Waals surface area contributed by atoms with Gasteiger partial charge in [0.1, 0.15) is 5.69 Å². The average Bonchev–Trinajstić information content (AvgIpc) is 2.71. The molecule has 5 N–H and O–H groups in total. The molecule has 0 aliphatic carbocycles. The maximum absolute atomic E-state index is 10.3. The van der Waals surface area contributed by atoms with Crippen LogP contribution in [0.4, 0.5) is 5.95 Å². The normalized spacial score (nSPS) is 8.80. The number of nitrogens with one attached hydrogen (secondary N) is 1. The molecule has 0 unspecified atom stereocenters. The Labute approximate surface area is 85.6 Å². The number of aromatic nitrogens is 4. The van der Waals surface area contributed by atoms with E-state index in [1.807, 2.05) is 0 Å². The molecule has 78 valence electrons. The van der Waals surface area contributed by atoms with E-state index in [2.05, 4.69) is 19.9 Å². The van der Waals surface area contributed by atoms with Crippen LogP contribution in [0.2, 0.25) is 0 Å². The van der Waals surface area contributed by atoms with E-state index < -0.39 is 5.91 Å². The second-order valence-corrected chi connectivity index (χ2v) is 2.43. The van der Waals surface area contributed by atoms with Crippen molar-refractivity contribution in [2.75, 3.05) is 5.73 Å². The van der Waals surface area contributed by atoms with Crippen LogP contribution in [0.5, 0.6) is 0 Å². The molecule has 0 atom stereocenters. The fraction of sp³-hybridized carbons (Fsp3) is 0. The minimum Gasteiger partial charge on any atom is -0.369 e. The van der Waals surface area contributed by atoms with Gasteiger partial charge in [-0.25, -0.2) is 9.97 Å². The zero-order chi connectivity index (χ0) is 11.1. The van der Waals surface area contributed by atoms with Crippen LogP contribution in [-0.4, -0.2) is 25.8 Å². The van der Waals surface area contributed by atoms with Crippen molar-refractivity contribution in [3.05, 3.63) is 36.7 Å². The summed E-state index contributed by atoms with van der Waals surface area (Å²) in [6, 6.07) is 0. The molecule has 0 saturated heterocycles. The lowest BCUT2D eigenvalue weighted by molar-refractivity contribution is 0.0995. The molecule has 0 bridgehead atoms. The van der Waals surface area contributed by atoms with Crippen LogP contribution in [-0.2, 0) is 0 Å². The number of primary amides is 1. The molecular formula is C8H10N6O. The van der Waals surface area contributed by atoms with E-state index >= 15 is 0 Å². The van der Waals surface area contributed by atoms with Crippen LogP contribution in [0.15, 0.2) is 31.0 Å². The van der Waals surface area contributed by atoms with Gasteiger partial charge in [0, 0.05) is 24.8 Å². The van der Waals surface area contributed by atoms with Gasteiger partial charge in [-0.1, -0.05) is 0 Å². The van der Waals surface area contributed by atoms with Gasteiger partial charge in [-0.05, 0) is 0 Å². The van der Waals surface area contributed by atoms with Crippen LogP contribution >= 0.6 is 0 Å².